The number of furan rings is 1. The van der Waals surface area contributed by atoms with Crippen LogP contribution in [-0.4, -0.2) is 47.4 Å². The van der Waals surface area contributed by atoms with Gasteiger partial charge < -0.3 is 19.4 Å². The number of carbonyl (C=O) groups excluding carboxylic acids is 1. The molecule has 3 aromatic rings. The van der Waals surface area contributed by atoms with E-state index in [1.165, 1.54) is 11.8 Å². The SMILES string of the molecule is COc1ccc(C2CC(=O)C3=C(C2)N(C)c2n[nH]cc2C3c2ccc(SC3=NC4C=CC=CC4N3)o2)cc1. The number of nitrogens with one attached hydrogen (secondary N) is 2. The van der Waals surface area contributed by atoms with Gasteiger partial charge in [-0.15, -0.1) is 0 Å². The Morgan fingerprint density at radius 2 is 1.95 bits per heavy atom. The molecule has 8 nitrogen and oxygen atoms in total. The number of ketones is 1. The van der Waals surface area contributed by atoms with Crippen LogP contribution in [-0.2, 0) is 4.79 Å². The molecule has 7 rings (SSSR count). The molecule has 2 aliphatic heterocycles. The molecule has 192 valence electrons. The molecular weight excluding hydrogens is 498 g/mol. The van der Waals surface area contributed by atoms with Crippen LogP contribution < -0.4 is 15.0 Å². The van der Waals surface area contributed by atoms with Crippen molar-refractivity contribution in [2.24, 2.45) is 4.99 Å². The fourth-order valence-electron chi connectivity index (χ4n) is 5.88. The van der Waals surface area contributed by atoms with E-state index >= 15 is 0 Å². The fourth-order valence-corrected chi connectivity index (χ4v) is 6.72. The quantitative estimate of drug-likeness (QED) is 0.500. The normalized spacial score (nSPS) is 25.6. The van der Waals surface area contributed by atoms with Gasteiger partial charge in [-0.05, 0) is 53.9 Å². The largest absolute Gasteiger partial charge is 0.497 e. The van der Waals surface area contributed by atoms with Gasteiger partial charge in [0.2, 0.25) is 0 Å². The van der Waals surface area contributed by atoms with Crippen molar-refractivity contribution in [3.8, 4) is 5.75 Å². The third-order valence-electron chi connectivity index (χ3n) is 7.79. The smallest absolute Gasteiger partial charge is 0.168 e. The summed E-state index contributed by atoms with van der Waals surface area (Å²) in [6.07, 6.45) is 11.4. The summed E-state index contributed by atoms with van der Waals surface area (Å²) in [6, 6.07) is 12.3. The van der Waals surface area contributed by atoms with Gasteiger partial charge in [-0.2, -0.15) is 5.10 Å². The fraction of sp³-hybridized carbons (Fsp3) is 0.276. The number of ether oxygens (including phenoxy) is 1. The Bertz CT molecular complexity index is 1530. The summed E-state index contributed by atoms with van der Waals surface area (Å²) in [5.41, 5.74) is 3.89. The number of allylic oxidation sites excluding steroid dienone is 4. The molecule has 1 aromatic carbocycles. The number of Topliss-reactive ketones (excluding diaryl/α,β-unsaturated/α-hetero) is 1. The number of rotatable bonds is 4. The van der Waals surface area contributed by atoms with E-state index in [-0.39, 0.29) is 29.7 Å². The highest BCUT2D eigenvalue weighted by molar-refractivity contribution is 8.13. The molecule has 0 radical (unpaired) electrons. The maximum atomic E-state index is 13.8. The summed E-state index contributed by atoms with van der Waals surface area (Å²) in [7, 11) is 3.65. The number of aromatic nitrogens is 2. The minimum atomic E-state index is -0.305. The zero-order valence-corrected chi connectivity index (χ0v) is 21.9. The zero-order valence-electron chi connectivity index (χ0n) is 21.0. The maximum absolute atomic E-state index is 13.8. The van der Waals surface area contributed by atoms with Crippen LogP contribution in [0.1, 0.15) is 41.6 Å². The van der Waals surface area contributed by atoms with Crippen LogP contribution in [0, 0.1) is 0 Å². The lowest BCUT2D eigenvalue weighted by atomic mass is 9.73. The Morgan fingerprint density at radius 1 is 1.11 bits per heavy atom. The van der Waals surface area contributed by atoms with Crippen molar-refractivity contribution >= 4 is 28.5 Å². The number of H-pyrrole nitrogens is 1. The van der Waals surface area contributed by atoms with Crippen molar-refractivity contribution in [3.05, 3.63) is 95.1 Å². The minimum Gasteiger partial charge on any atom is -0.497 e. The van der Waals surface area contributed by atoms with Crippen molar-refractivity contribution in [2.45, 2.75) is 41.9 Å². The Labute approximate surface area is 224 Å². The second-order valence-corrected chi connectivity index (χ2v) is 10.9. The first kappa shape index (κ1) is 23.2. The number of nitrogens with zero attached hydrogens (tertiary/aromatic N) is 3. The second kappa shape index (κ2) is 9.09. The number of fused-ring (bicyclic) bond motifs is 2. The number of hydrogen-bond acceptors (Lipinski definition) is 8. The molecule has 0 bridgehead atoms. The van der Waals surface area contributed by atoms with Crippen molar-refractivity contribution in [1.29, 1.82) is 0 Å². The van der Waals surface area contributed by atoms with Crippen LogP contribution >= 0.6 is 11.8 Å². The highest BCUT2D eigenvalue weighted by Crippen LogP contribution is 2.50. The molecule has 2 aliphatic carbocycles. The van der Waals surface area contributed by atoms with Crippen LogP contribution in [0.3, 0.4) is 0 Å². The average Bonchev–Trinajstić information content (AvgIpc) is 3.69. The number of amidine groups is 1. The minimum absolute atomic E-state index is 0.0940. The number of methoxy groups -OCH3 is 1. The van der Waals surface area contributed by atoms with Gasteiger partial charge in [-0.25, -0.2) is 0 Å². The number of thioether (sulfide) groups is 1. The van der Waals surface area contributed by atoms with E-state index in [1.807, 2.05) is 49.7 Å². The molecule has 4 aliphatic rings. The third kappa shape index (κ3) is 3.80. The molecule has 4 atom stereocenters. The number of hydrogen-bond donors (Lipinski definition) is 2. The van der Waals surface area contributed by atoms with Crippen LogP contribution in [0.25, 0.3) is 0 Å². The predicted octanol–water partition coefficient (Wildman–Crippen LogP) is 4.91. The van der Waals surface area contributed by atoms with Crippen LogP contribution in [0.5, 0.6) is 5.75 Å². The molecule has 38 heavy (non-hydrogen) atoms. The van der Waals surface area contributed by atoms with Gasteiger partial charge in [0, 0.05) is 36.5 Å². The predicted molar refractivity (Wildman–Crippen MR) is 147 cm³/mol. The maximum Gasteiger partial charge on any atom is 0.168 e. The van der Waals surface area contributed by atoms with Gasteiger partial charge in [-0.3, -0.25) is 14.9 Å². The molecule has 9 heteroatoms. The van der Waals surface area contributed by atoms with E-state index in [1.54, 1.807) is 7.11 Å². The van der Waals surface area contributed by atoms with Crippen molar-refractivity contribution in [1.82, 2.24) is 15.5 Å². The number of benzene rings is 1. The van der Waals surface area contributed by atoms with E-state index in [2.05, 4.69) is 44.7 Å². The van der Waals surface area contributed by atoms with Crippen molar-refractivity contribution in [3.63, 3.8) is 0 Å². The highest BCUT2D eigenvalue weighted by Gasteiger charge is 2.43. The molecule has 4 heterocycles. The zero-order chi connectivity index (χ0) is 25.8. The Hall–Kier alpha value is -3.98. The molecule has 0 spiro atoms. The molecule has 0 saturated carbocycles. The first-order valence-corrected chi connectivity index (χ1v) is 13.5. The van der Waals surface area contributed by atoms with Gasteiger partial charge in [0.1, 0.15) is 11.5 Å². The Balaban J connectivity index is 1.20. The van der Waals surface area contributed by atoms with Gasteiger partial charge in [0.25, 0.3) is 0 Å². The third-order valence-corrected chi connectivity index (χ3v) is 8.62. The molecule has 0 amide bonds. The lowest BCUT2D eigenvalue weighted by Gasteiger charge is -2.38. The monoisotopic (exact) mass is 525 g/mol. The molecule has 0 fully saturated rings. The Morgan fingerprint density at radius 3 is 2.76 bits per heavy atom. The number of aromatic amines is 1. The van der Waals surface area contributed by atoms with Gasteiger partial charge in [-0.1, -0.05) is 36.4 Å². The molecule has 0 saturated heterocycles. The van der Waals surface area contributed by atoms with E-state index in [9.17, 15) is 4.79 Å². The number of carbonyl (C=O) groups is 1. The number of anilines is 1. The summed E-state index contributed by atoms with van der Waals surface area (Å²) in [6.45, 7) is 0. The summed E-state index contributed by atoms with van der Waals surface area (Å²) < 4.78 is 11.7. The van der Waals surface area contributed by atoms with Gasteiger partial charge in [0.15, 0.2) is 21.9 Å². The van der Waals surface area contributed by atoms with E-state index in [0.717, 1.165) is 56.4 Å². The van der Waals surface area contributed by atoms with Crippen molar-refractivity contribution < 1.29 is 13.9 Å². The van der Waals surface area contributed by atoms with Crippen LogP contribution in [0.4, 0.5) is 5.82 Å². The summed E-state index contributed by atoms with van der Waals surface area (Å²) >= 11 is 1.48. The lowest BCUT2D eigenvalue weighted by molar-refractivity contribution is -0.116. The lowest BCUT2D eigenvalue weighted by Crippen LogP contribution is -2.34. The second-order valence-electron chi connectivity index (χ2n) is 9.94. The van der Waals surface area contributed by atoms with E-state index < -0.39 is 0 Å². The van der Waals surface area contributed by atoms with Crippen LogP contribution in [0.2, 0.25) is 0 Å². The first-order valence-electron chi connectivity index (χ1n) is 12.7. The summed E-state index contributed by atoms with van der Waals surface area (Å²) in [4.78, 5) is 20.6. The highest BCUT2D eigenvalue weighted by atomic mass is 32.2. The molecular formula is C29H27N5O3S. The standard InChI is InChI=1S/C29H27N5O3S/c1-34-22-13-17(16-7-9-18(36-2)10-8-16)14-23(35)27(22)26(19-15-30-33-28(19)34)24-11-12-25(37-24)38-29-31-20-5-3-4-6-21(20)32-29/h3-12,15,17,20-21,26H,13-14H2,1-2H3,(H,30,33)(H,31,32). The van der Waals surface area contributed by atoms with E-state index in [0.29, 0.717) is 6.42 Å². The van der Waals surface area contributed by atoms with Crippen molar-refractivity contribution in [2.75, 3.05) is 19.1 Å². The Kier molecular flexibility index (Phi) is 5.54. The van der Waals surface area contributed by atoms with E-state index in [4.69, 9.17) is 14.1 Å². The molecule has 2 aromatic heterocycles. The topological polar surface area (TPSA) is 95.8 Å². The van der Waals surface area contributed by atoms with Gasteiger partial charge in [0.05, 0.1) is 25.1 Å². The number of aliphatic imine (C=N–C) groups is 1. The average molecular weight is 526 g/mol. The first-order chi connectivity index (χ1) is 18.6. The van der Waals surface area contributed by atoms with Crippen LogP contribution in [0.15, 0.2) is 92.7 Å². The molecule has 2 N–H and O–H groups in total. The molecule has 4 unspecified atom stereocenters. The summed E-state index contributed by atoms with van der Waals surface area (Å²) in [5.74, 6) is 2.31. The van der Waals surface area contributed by atoms with Gasteiger partial charge >= 0.3 is 0 Å². The summed E-state index contributed by atoms with van der Waals surface area (Å²) in [5, 5.41) is 12.6.